The predicted molar refractivity (Wildman–Crippen MR) is 89.5 cm³/mol. The minimum atomic E-state index is 0.605. The molecule has 1 aliphatic carbocycles. The van der Waals surface area contributed by atoms with Crippen molar-refractivity contribution in [3.05, 3.63) is 46.5 Å². The first kappa shape index (κ1) is 15.7. The van der Waals surface area contributed by atoms with Gasteiger partial charge in [0.05, 0.1) is 21.3 Å². The second kappa shape index (κ2) is 7.36. The number of allylic oxidation sites excluding steroid dienone is 6. The number of methoxy groups -OCH3 is 3. The molecule has 0 atom stereocenters. The Morgan fingerprint density at radius 2 is 1.62 bits per heavy atom. The first-order valence-corrected chi connectivity index (χ1v) is 7.53. The second-order valence-electron chi connectivity index (χ2n) is 4.58. The number of benzene rings is 1. The van der Waals surface area contributed by atoms with Gasteiger partial charge in [0.2, 0.25) is 5.75 Å². The zero-order valence-corrected chi connectivity index (χ0v) is 14.1. The van der Waals surface area contributed by atoms with Crippen molar-refractivity contribution in [2.24, 2.45) is 0 Å². The number of rotatable bonds is 4. The Labute approximate surface area is 134 Å². The van der Waals surface area contributed by atoms with Crippen molar-refractivity contribution in [2.75, 3.05) is 21.3 Å². The van der Waals surface area contributed by atoms with Crippen LogP contribution in [0, 0.1) is 0 Å². The van der Waals surface area contributed by atoms with Crippen LogP contribution in [0.25, 0.3) is 5.57 Å². The second-order valence-corrected chi connectivity index (χ2v) is 5.50. The maximum Gasteiger partial charge on any atom is 0.203 e. The average molecular weight is 351 g/mol. The molecule has 1 aliphatic rings. The van der Waals surface area contributed by atoms with Crippen molar-refractivity contribution in [3.8, 4) is 17.2 Å². The zero-order valence-electron chi connectivity index (χ0n) is 12.5. The Balaban J connectivity index is 2.55. The number of hydrogen-bond donors (Lipinski definition) is 0. The monoisotopic (exact) mass is 350 g/mol. The van der Waals surface area contributed by atoms with Crippen LogP contribution in [0.4, 0.5) is 0 Å². The van der Waals surface area contributed by atoms with E-state index in [1.165, 1.54) is 0 Å². The summed E-state index contributed by atoms with van der Waals surface area (Å²) < 4.78 is 17.3. The Morgan fingerprint density at radius 3 is 2.19 bits per heavy atom. The quantitative estimate of drug-likeness (QED) is 0.785. The van der Waals surface area contributed by atoms with E-state index in [1.807, 2.05) is 12.1 Å². The molecule has 4 heteroatoms. The van der Waals surface area contributed by atoms with Gasteiger partial charge in [0.15, 0.2) is 11.5 Å². The smallest absolute Gasteiger partial charge is 0.203 e. The molecule has 0 heterocycles. The van der Waals surface area contributed by atoms with E-state index in [-0.39, 0.29) is 0 Å². The third-order valence-electron chi connectivity index (χ3n) is 3.26. The van der Waals surface area contributed by atoms with E-state index in [4.69, 9.17) is 14.2 Å². The van der Waals surface area contributed by atoms with Crippen molar-refractivity contribution in [1.82, 2.24) is 0 Å². The molecule has 112 valence electrons. The lowest BCUT2D eigenvalue weighted by atomic mass is 10.0. The van der Waals surface area contributed by atoms with E-state index < -0.39 is 0 Å². The standard InChI is InChI=1S/C17H19BrO3/c1-19-15-10-13(11-16(20-2)17(15)21-3)12-7-5-4-6-8-14(18)9-12/h5,7-11H,4,6H2,1-3H3/b7-5-,12-9+,14-8+. The molecule has 1 aromatic rings. The summed E-state index contributed by atoms with van der Waals surface area (Å²) in [6.45, 7) is 0. The lowest BCUT2D eigenvalue weighted by molar-refractivity contribution is 0.324. The van der Waals surface area contributed by atoms with Crippen molar-refractivity contribution in [3.63, 3.8) is 0 Å². The SMILES string of the molecule is COc1cc(C2=C/C(Br)=C\CC/C=C\2)cc(OC)c1OC. The van der Waals surface area contributed by atoms with Crippen LogP contribution in [-0.4, -0.2) is 21.3 Å². The van der Waals surface area contributed by atoms with Crippen LogP contribution in [0.2, 0.25) is 0 Å². The van der Waals surface area contributed by atoms with Gasteiger partial charge >= 0.3 is 0 Å². The molecule has 0 spiro atoms. The Morgan fingerprint density at radius 1 is 0.952 bits per heavy atom. The maximum atomic E-state index is 5.41. The van der Waals surface area contributed by atoms with Gasteiger partial charge in [0.1, 0.15) is 0 Å². The van der Waals surface area contributed by atoms with Gasteiger partial charge in [-0.25, -0.2) is 0 Å². The predicted octanol–water partition coefficient (Wildman–Crippen LogP) is 4.72. The molecule has 0 bridgehead atoms. The molecule has 0 aliphatic heterocycles. The minimum Gasteiger partial charge on any atom is -0.493 e. The van der Waals surface area contributed by atoms with Gasteiger partial charge < -0.3 is 14.2 Å². The van der Waals surface area contributed by atoms with Gasteiger partial charge in [-0.2, -0.15) is 0 Å². The van der Waals surface area contributed by atoms with Crippen molar-refractivity contribution in [1.29, 1.82) is 0 Å². The number of halogens is 1. The zero-order chi connectivity index (χ0) is 15.2. The Hall–Kier alpha value is -1.68. The van der Waals surface area contributed by atoms with Gasteiger partial charge in [-0.3, -0.25) is 0 Å². The molecular formula is C17H19BrO3. The van der Waals surface area contributed by atoms with E-state index in [1.54, 1.807) is 21.3 Å². The molecule has 0 saturated heterocycles. The summed E-state index contributed by atoms with van der Waals surface area (Å²) in [6.07, 6.45) is 10.6. The van der Waals surface area contributed by atoms with E-state index >= 15 is 0 Å². The molecule has 0 saturated carbocycles. The minimum absolute atomic E-state index is 0.605. The number of ether oxygens (including phenoxy) is 3. The summed E-state index contributed by atoms with van der Waals surface area (Å²) in [5.41, 5.74) is 2.12. The van der Waals surface area contributed by atoms with Crippen LogP contribution in [0.1, 0.15) is 18.4 Å². The third-order valence-corrected chi connectivity index (χ3v) is 3.81. The highest BCUT2D eigenvalue weighted by molar-refractivity contribution is 9.11. The lowest BCUT2D eigenvalue weighted by Gasteiger charge is -2.15. The lowest BCUT2D eigenvalue weighted by Crippen LogP contribution is -1.97. The van der Waals surface area contributed by atoms with Crippen LogP contribution >= 0.6 is 15.9 Å². The molecule has 2 rings (SSSR count). The molecule has 21 heavy (non-hydrogen) atoms. The highest BCUT2D eigenvalue weighted by Crippen LogP contribution is 2.40. The largest absolute Gasteiger partial charge is 0.493 e. The van der Waals surface area contributed by atoms with E-state index in [0.717, 1.165) is 28.5 Å². The maximum absolute atomic E-state index is 5.41. The van der Waals surface area contributed by atoms with Gasteiger partial charge in [-0.05, 0) is 42.2 Å². The summed E-state index contributed by atoms with van der Waals surface area (Å²) in [4.78, 5) is 0. The molecule has 0 fully saturated rings. The summed E-state index contributed by atoms with van der Waals surface area (Å²) in [7, 11) is 4.85. The fourth-order valence-corrected chi connectivity index (χ4v) is 2.69. The summed E-state index contributed by atoms with van der Waals surface area (Å²) >= 11 is 3.57. The molecule has 3 nitrogen and oxygen atoms in total. The molecule has 0 unspecified atom stereocenters. The molecular weight excluding hydrogens is 332 g/mol. The molecule has 0 N–H and O–H groups in total. The summed E-state index contributed by atoms with van der Waals surface area (Å²) in [6, 6.07) is 3.92. The van der Waals surface area contributed by atoms with Crippen molar-refractivity contribution in [2.45, 2.75) is 12.8 Å². The fourth-order valence-electron chi connectivity index (χ4n) is 2.21. The van der Waals surface area contributed by atoms with Crippen molar-refractivity contribution >= 4 is 21.5 Å². The van der Waals surface area contributed by atoms with E-state index in [9.17, 15) is 0 Å². The normalized spacial score (nSPS) is 21.1. The molecule has 0 radical (unpaired) electrons. The number of hydrogen-bond acceptors (Lipinski definition) is 3. The first-order chi connectivity index (χ1) is 10.2. The van der Waals surface area contributed by atoms with Crippen molar-refractivity contribution < 1.29 is 14.2 Å². The van der Waals surface area contributed by atoms with Crippen LogP contribution in [0.3, 0.4) is 0 Å². The fraction of sp³-hybridized carbons (Fsp3) is 0.294. The third kappa shape index (κ3) is 3.70. The van der Waals surface area contributed by atoms with Crippen LogP contribution in [0.5, 0.6) is 17.2 Å². The molecule has 0 aromatic heterocycles. The molecule has 0 amide bonds. The van der Waals surface area contributed by atoms with Crippen LogP contribution in [-0.2, 0) is 0 Å². The average Bonchev–Trinajstić information content (AvgIpc) is 2.49. The van der Waals surface area contributed by atoms with Gasteiger partial charge in [0.25, 0.3) is 0 Å². The summed E-state index contributed by atoms with van der Waals surface area (Å²) in [5.74, 6) is 1.92. The van der Waals surface area contributed by atoms with Gasteiger partial charge in [-0.1, -0.05) is 34.2 Å². The van der Waals surface area contributed by atoms with Gasteiger partial charge in [-0.15, -0.1) is 0 Å². The van der Waals surface area contributed by atoms with Gasteiger partial charge in [0, 0.05) is 4.48 Å². The van der Waals surface area contributed by atoms with Crippen LogP contribution in [0.15, 0.2) is 40.9 Å². The van der Waals surface area contributed by atoms with E-state index in [2.05, 4.69) is 40.2 Å². The highest BCUT2D eigenvalue weighted by atomic mass is 79.9. The highest BCUT2D eigenvalue weighted by Gasteiger charge is 2.14. The topological polar surface area (TPSA) is 27.7 Å². The first-order valence-electron chi connectivity index (χ1n) is 6.74. The van der Waals surface area contributed by atoms with Crippen LogP contribution < -0.4 is 14.2 Å². The Kier molecular flexibility index (Phi) is 5.51. The molecule has 1 aromatic carbocycles. The summed E-state index contributed by atoms with van der Waals surface area (Å²) in [5, 5.41) is 0. The Bertz CT molecular complexity index is 575. The van der Waals surface area contributed by atoms with E-state index in [0.29, 0.717) is 17.2 Å².